The number of fused-ring (bicyclic) bond motifs is 1. The van der Waals surface area contributed by atoms with Crippen LogP contribution in [0.5, 0.6) is 0 Å². The summed E-state index contributed by atoms with van der Waals surface area (Å²) in [5.41, 5.74) is 5.92. The zero-order chi connectivity index (χ0) is 21.2. The standard InChI is InChI=1S/C23H26N6O/c1-2-3-4-5-9-14-25-23(30)21(16-24)29-28-18-12-13-19-20(15-18)27-22(26-19)17-10-7-6-8-11-17/h6-8,10-13,15,28H,2-5,9,14H2,1H3,(H,25,30)(H,26,27)/b29-21-. The van der Waals surface area contributed by atoms with Gasteiger partial charge in [0.2, 0.25) is 5.71 Å². The van der Waals surface area contributed by atoms with Gasteiger partial charge in [-0.05, 0) is 24.6 Å². The van der Waals surface area contributed by atoms with Gasteiger partial charge in [-0.1, -0.05) is 62.9 Å². The lowest BCUT2D eigenvalue weighted by atomic mass is 10.1. The van der Waals surface area contributed by atoms with Gasteiger partial charge >= 0.3 is 0 Å². The predicted molar refractivity (Wildman–Crippen MR) is 120 cm³/mol. The van der Waals surface area contributed by atoms with E-state index in [1.807, 2.05) is 54.6 Å². The van der Waals surface area contributed by atoms with Crippen molar-refractivity contribution in [3.8, 4) is 17.5 Å². The Morgan fingerprint density at radius 3 is 2.70 bits per heavy atom. The average molecular weight is 403 g/mol. The number of aromatic amines is 1. The van der Waals surface area contributed by atoms with Crippen LogP contribution in [0.3, 0.4) is 0 Å². The van der Waals surface area contributed by atoms with Gasteiger partial charge in [-0.25, -0.2) is 4.98 Å². The Morgan fingerprint density at radius 2 is 1.93 bits per heavy atom. The lowest BCUT2D eigenvalue weighted by molar-refractivity contribution is -0.114. The largest absolute Gasteiger partial charge is 0.350 e. The van der Waals surface area contributed by atoms with Crippen LogP contribution < -0.4 is 10.7 Å². The van der Waals surface area contributed by atoms with Crippen molar-refractivity contribution in [2.45, 2.75) is 39.0 Å². The maximum atomic E-state index is 12.1. The summed E-state index contributed by atoms with van der Waals surface area (Å²) in [6, 6.07) is 17.2. The molecule has 1 aromatic heterocycles. The van der Waals surface area contributed by atoms with Gasteiger partial charge in [-0.2, -0.15) is 10.4 Å². The monoisotopic (exact) mass is 402 g/mol. The third-order valence-corrected chi connectivity index (χ3v) is 4.71. The number of carbonyl (C=O) groups excluding carboxylic acids is 1. The molecule has 0 unspecified atom stereocenters. The number of imidazole rings is 1. The molecule has 3 aromatic rings. The van der Waals surface area contributed by atoms with Gasteiger partial charge in [0.05, 0.1) is 16.7 Å². The first-order valence-corrected chi connectivity index (χ1v) is 10.3. The lowest BCUT2D eigenvalue weighted by Gasteiger charge is -2.04. The van der Waals surface area contributed by atoms with E-state index in [0.29, 0.717) is 12.2 Å². The smallest absolute Gasteiger partial charge is 0.282 e. The zero-order valence-corrected chi connectivity index (χ0v) is 17.1. The minimum absolute atomic E-state index is 0.196. The number of anilines is 1. The number of aromatic nitrogens is 2. The second-order valence-electron chi connectivity index (χ2n) is 7.04. The Balaban J connectivity index is 1.61. The fraction of sp³-hybridized carbons (Fsp3) is 0.304. The number of hydrogen-bond acceptors (Lipinski definition) is 5. The fourth-order valence-corrected chi connectivity index (χ4v) is 3.07. The summed E-state index contributed by atoms with van der Waals surface area (Å²) in [5, 5.41) is 16.0. The maximum Gasteiger partial charge on any atom is 0.282 e. The molecule has 0 radical (unpaired) electrons. The molecular formula is C23H26N6O. The van der Waals surface area contributed by atoms with Crippen molar-refractivity contribution in [3.05, 3.63) is 48.5 Å². The van der Waals surface area contributed by atoms with E-state index in [9.17, 15) is 10.1 Å². The van der Waals surface area contributed by atoms with Crippen LogP contribution in [0.25, 0.3) is 22.4 Å². The molecule has 0 aliphatic rings. The summed E-state index contributed by atoms with van der Waals surface area (Å²) >= 11 is 0. The Labute approximate surface area is 176 Å². The number of H-pyrrole nitrogens is 1. The highest BCUT2D eigenvalue weighted by Crippen LogP contribution is 2.22. The normalized spacial score (nSPS) is 11.3. The lowest BCUT2D eigenvalue weighted by Crippen LogP contribution is -2.31. The molecule has 7 heteroatoms. The first-order chi connectivity index (χ1) is 14.7. The van der Waals surface area contributed by atoms with Gasteiger partial charge < -0.3 is 10.3 Å². The molecule has 7 nitrogen and oxygen atoms in total. The third kappa shape index (κ3) is 5.67. The molecule has 30 heavy (non-hydrogen) atoms. The molecule has 1 heterocycles. The number of nitrogens with zero attached hydrogens (tertiary/aromatic N) is 3. The summed E-state index contributed by atoms with van der Waals surface area (Å²) in [5.74, 6) is 0.316. The van der Waals surface area contributed by atoms with Gasteiger partial charge in [0.15, 0.2) is 0 Å². The highest BCUT2D eigenvalue weighted by molar-refractivity contribution is 6.45. The molecule has 0 atom stereocenters. The quantitative estimate of drug-likeness (QED) is 0.262. The molecular weight excluding hydrogens is 376 g/mol. The number of amides is 1. The third-order valence-electron chi connectivity index (χ3n) is 4.71. The van der Waals surface area contributed by atoms with E-state index in [0.717, 1.165) is 41.7 Å². The highest BCUT2D eigenvalue weighted by atomic mass is 16.1. The van der Waals surface area contributed by atoms with E-state index in [4.69, 9.17) is 0 Å². The summed E-state index contributed by atoms with van der Waals surface area (Å²) < 4.78 is 0. The molecule has 0 bridgehead atoms. The summed E-state index contributed by atoms with van der Waals surface area (Å²) in [6.07, 6.45) is 5.52. The van der Waals surface area contributed by atoms with Crippen LogP contribution in [0.1, 0.15) is 39.0 Å². The number of nitriles is 1. The highest BCUT2D eigenvalue weighted by Gasteiger charge is 2.10. The van der Waals surface area contributed by atoms with Crippen molar-refractivity contribution in [2.75, 3.05) is 12.0 Å². The number of rotatable bonds is 10. The van der Waals surface area contributed by atoms with Crippen LogP contribution in [0, 0.1) is 11.3 Å². The van der Waals surface area contributed by atoms with Crippen LogP contribution >= 0.6 is 0 Å². The first-order valence-electron chi connectivity index (χ1n) is 10.3. The molecule has 0 aliphatic heterocycles. The van der Waals surface area contributed by atoms with Crippen LogP contribution in [-0.4, -0.2) is 28.1 Å². The van der Waals surface area contributed by atoms with E-state index >= 15 is 0 Å². The Kier molecular flexibility index (Phi) is 7.56. The minimum Gasteiger partial charge on any atom is -0.350 e. The maximum absolute atomic E-state index is 12.1. The number of hydrogen-bond donors (Lipinski definition) is 3. The SMILES string of the molecule is CCCCCCCNC(=O)/C(C#N)=N\Nc1ccc2nc(-c3ccccc3)[nH]c2c1. The van der Waals surface area contributed by atoms with Crippen LogP contribution in [0.15, 0.2) is 53.6 Å². The van der Waals surface area contributed by atoms with Crippen molar-refractivity contribution < 1.29 is 4.79 Å². The van der Waals surface area contributed by atoms with E-state index in [-0.39, 0.29) is 5.71 Å². The number of nitrogens with one attached hydrogen (secondary N) is 3. The van der Waals surface area contributed by atoms with Gasteiger partial charge in [0.1, 0.15) is 11.9 Å². The summed E-state index contributed by atoms with van der Waals surface area (Å²) in [6.45, 7) is 2.71. The molecule has 0 spiro atoms. The molecule has 1 amide bonds. The van der Waals surface area contributed by atoms with Gasteiger partial charge in [-0.3, -0.25) is 10.2 Å². The number of unbranched alkanes of at least 4 members (excludes halogenated alkanes) is 4. The molecule has 2 aromatic carbocycles. The molecule has 0 saturated heterocycles. The Hall–Kier alpha value is -3.66. The van der Waals surface area contributed by atoms with Crippen molar-refractivity contribution in [1.82, 2.24) is 15.3 Å². The number of carbonyl (C=O) groups is 1. The molecule has 154 valence electrons. The summed E-state index contributed by atoms with van der Waals surface area (Å²) in [4.78, 5) is 20.0. The molecule has 3 N–H and O–H groups in total. The van der Waals surface area contributed by atoms with E-state index < -0.39 is 5.91 Å². The predicted octanol–water partition coefficient (Wildman–Crippen LogP) is 4.61. The van der Waals surface area contributed by atoms with Crippen molar-refractivity contribution >= 4 is 28.3 Å². The van der Waals surface area contributed by atoms with Crippen LogP contribution in [0.2, 0.25) is 0 Å². The van der Waals surface area contributed by atoms with Crippen LogP contribution in [0.4, 0.5) is 5.69 Å². The summed E-state index contributed by atoms with van der Waals surface area (Å²) in [7, 11) is 0. The molecule has 0 saturated carbocycles. The van der Waals surface area contributed by atoms with Crippen LogP contribution in [-0.2, 0) is 4.79 Å². The van der Waals surface area contributed by atoms with E-state index in [1.54, 1.807) is 0 Å². The molecule has 0 fully saturated rings. The fourth-order valence-electron chi connectivity index (χ4n) is 3.07. The average Bonchev–Trinajstić information content (AvgIpc) is 3.20. The van der Waals surface area contributed by atoms with Gasteiger partial charge in [-0.15, -0.1) is 0 Å². The first kappa shape index (κ1) is 21.1. The zero-order valence-electron chi connectivity index (χ0n) is 17.1. The Morgan fingerprint density at radius 1 is 1.13 bits per heavy atom. The number of benzene rings is 2. The van der Waals surface area contributed by atoms with Gasteiger partial charge in [0, 0.05) is 12.1 Å². The van der Waals surface area contributed by atoms with Crippen molar-refractivity contribution in [1.29, 1.82) is 5.26 Å². The number of hydrazone groups is 1. The van der Waals surface area contributed by atoms with Crippen molar-refractivity contribution in [2.24, 2.45) is 5.10 Å². The second-order valence-corrected chi connectivity index (χ2v) is 7.04. The van der Waals surface area contributed by atoms with E-state index in [1.165, 1.54) is 12.8 Å². The van der Waals surface area contributed by atoms with Crippen molar-refractivity contribution in [3.63, 3.8) is 0 Å². The Bertz CT molecular complexity index is 1050. The topological polar surface area (TPSA) is 106 Å². The van der Waals surface area contributed by atoms with E-state index in [2.05, 4.69) is 32.7 Å². The van der Waals surface area contributed by atoms with Gasteiger partial charge in [0.25, 0.3) is 5.91 Å². The molecule has 0 aliphatic carbocycles. The minimum atomic E-state index is -0.463. The second kappa shape index (κ2) is 10.8. The molecule has 3 rings (SSSR count).